The van der Waals surface area contributed by atoms with Crippen LogP contribution in [0.2, 0.25) is 0 Å². The van der Waals surface area contributed by atoms with Gasteiger partial charge in [-0.05, 0) is 67.6 Å². The van der Waals surface area contributed by atoms with E-state index in [1.807, 2.05) is 0 Å². The third kappa shape index (κ3) is 4.87. The van der Waals surface area contributed by atoms with Crippen molar-refractivity contribution in [3.05, 3.63) is 34.9 Å². The predicted octanol–water partition coefficient (Wildman–Crippen LogP) is 4.37. The number of aryl methyl sites for hydroxylation is 2. The average Bonchev–Trinajstić information content (AvgIpc) is 2.49. The highest BCUT2D eigenvalue weighted by Crippen LogP contribution is 2.35. The maximum atomic E-state index is 10.9. The van der Waals surface area contributed by atoms with Gasteiger partial charge in [0.25, 0.3) is 0 Å². The molecule has 1 aromatic rings. The lowest BCUT2D eigenvalue weighted by Gasteiger charge is -2.26. The van der Waals surface area contributed by atoms with Crippen LogP contribution in [-0.4, -0.2) is 12.5 Å². The Hall–Kier alpha value is -1.31. The van der Waals surface area contributed by atoms with E-state index >= 15 is 0 Å². The molecule has 116 valence electrons. The number of hydrogen-bond acceptors (Lipinski definition) is 1. The van der Waals surface area contributed by atoms with Crippen molar-refractivity contribution >= 4 is 5.91 Å². The Morgan fingerprint density at radius 3 is 2.95 bits per heavy atom. The topological polar surface area (TPSA) is 29.1 Å². The van der Waals surface area contributed by atoms with Crippen LogP contribution >= 0.6 is 0 Å². The molecule has 1 N–H and O–H groups in total. The van der Waals surface area contributed by atoms with Crippen molar-refractivity contribution in [1.82, 2.24) is 5.32 Å². The van der Waals surface area contributed by atoms with Crippen molar-refractivity contribution in [1.29, 1.82) is 0 Å². The molecule has 0 bridgehead atoms. The number of carbonyl (C=O) groups is 1. The predicted molar refractivity (Wildman–Crippen MR) is 88.7 cm³/mol. The summed E-state index contributed by atoms with van der Waals surface area (Å²) in [6.45, 7) is 4.66. The first kappa shape index (κ1) is 16.1. The number of hydrogen-bond donors (Lipinski definition) is 1. The summed E-state index contributed by atoms with van der Waals surface area (Å²) >= 11 is 0. The van der Waals surface area contributed by atoms with E-state index in [4.69, 9.17) is 0 Å². The number of rotatable bonds is 7. The zero-order valence-electron chi connectivity index (χ0n) is 13.6. The lowest BCUT2D eigenvalue weighted by Crippen LogP contribution is -2.21. The summed E-state index contributed by atoms with van der Waals surface area (Å²) < 4.78 is 0. The molecular formula is C19H29NO. The lowest BCUT2D eigenvalue weighted by molar-refractivity contribution is -0.118. The first-order chi connectivity index (χ1) is 10.2. The summed E-state index contributed by atoms with van der Waals surface area (Å²) in [5.41, 5.74) is 4.66. The second kappa shape index (κ2) is 8.21. The quantitative estimate of drug-likeness (QED) is 0.741. The van der Waals surface area contributed by atoms with Crippen LogP contribution in [-0.2, 0) is 17.6 Å². The minimum Gasteiger partial charge on any atom is -0.356 e. The van der Waals surface area contributed by atoms with Crippen molar-refractivity contribution < 1.29 is 4.79 Å². The number of carbonyl (C=O) groups excluding carboxylic acids is 1. The van der Waals surface area contributed by atoms with E-state index < -0.39 is 0 Å². The van der Waals surface area contributed by atoms with E-state index in [1.54, 1.807) is 18.1 Å². The van der Waals surface area contributed by atoms with Crippen molar-refractivity contribution in [2.45, 2.75) is 71.1 Å². The second-order valence-electron chi connectivity index (χ2n) is 6.35. The molecule has 1 aromatic carbocycles. The lowest BCUT2D eigenvalue weighted by atomic mass is 9.79. The largest absolute Gasteiger partial charge is 0.356 e. The van der Waals surface area contributed by atoms with Crippen LogP contribution in [0.5, 0.6) is 0 Å². The van der Waals surface area contributed by atoms with Crippen LogP contribution in [0.1, 0.15) is 75.0 Å². The van der Waals surface area contributed by atoms with E-state index in [0.29, 0.717) is 5.92 Å². The third-order valence-electron chi connectivity index (χ3n) is 4.57. The van der Waals surface area contributed by atoms with Gasteiger partial charge < -0.3 is 5.32 Å². The van der Waals surface area contributed by atoms with E-state index in [1.165, 1.54) is 50.5 Å². The zero-order chi connectivity index (χ0) is 15.1. The fourth-order valence-electron chi connectivity index (χ4n) is 3.40. The fraction of sp³-hybridized carbons (Fsp3) is 0.632. The van der Waals surface area contributed by atoms with Gasteiger partial charge in [0.15, 0.2) is 0 Å². The van der Waals surface area contributed by atoms with Crippen molar-refractivity contribution in [3.8, 4) is 0 Å². The molecule has 0 saturated carbocycles. The molecule has 1 amide bonds. The van der Waals surface area contributed by atoms with Gasteiger partial charge in [-0.15, -0.1) is 0 Å². The van der Waals surface area contributed by atoms with Gasteiger partial charge in [0.1, 0.15) is 0 Å². The van der Waals surface area contributed by atoms with Gasteiger partial charge in [-0.25, -0.2) is 0 Å². The van der Waals surface area contributed by atoms with Crippen molar-refractivity contribution in [3.63, 3.8) is 0 Å². The Labute approximate surface area is 129 Å². The highest BCUT2D eigenvalue weighted by Gasteiger charge is 2.20. The minimum absolute atomic E-state index is 0.0842. The number of benzene rings is 1. The molecule has 0 fully saturated rings. The molecular weight excluding hydrogens is 258 g/mol. The van der Waals surface area contributed by atoms with Crippen LogP contribution < -0.4 is 5.32 Å². The number of nitrogens with one attached hydrogen (secondary N) is 1. The summed E-state index contributed by atoms with van der Waals surface area (Å²) in [5.74, 6) is 0.782. The second-order valence-corrected chi connectivity index (χ2v) is 6.35. The Bertz CT molecular complexity index is 467. The van der Waals surface area contributed by atoms with Gasteiger partial charge in [0, 0.05) is 13.5 Å². The van der Waals surface area contributed by atoms with E-state index in [-0.39, 0.29) is 5.91 Å². The molecule has 2 rings (SSSR count). The molecule has 0 heterocycles. The van der Waals surface area contributed by atoms with E-state index in [0.717, 1.165) is 13.0 Å². The molecule has 0 saturated heterocycles. The summed E-state index contributed by atoms with van der Waals surface area (Å²) in [6.07, 6.45) is 9.90. The van der Waals surface area contributed by atoms with Gasteiger partial charge in [0.2, 0.25) is 5.91 Å². The summed E-state index contributed by atoms with van der Waals surface area (Å²) in [5, 5.41) is 2.91. The monoisotopic (exact) mass is 287 g/mol. The van der Waals surface area contributed by atoms with Crippen LogP contribution in [0.15, 0.2) is 18.2 Å². The van der Waals surface area contributed by atoms with Crippen molar-refractivity contribution in [2.24, 2.45) is 0 Å². The summed E-state index contributed by atoms with van der Waals surface area (Å²) in [6, 6.07) is 7.15. The highest BCUT2D eigenvalue weighted by molar-refractivity contribution is 5.72. The zero-order valence-corrected chi connectivity index (χ0v) is 13.6. The molecule has 1 atom stereocenters. The average molecular weight is 287 g/mol. The van der Waals surface area contributed by atoms with Crippen LogP contribution in [0.25, 0.3) is 0 Å². The van der Waals surface area contributed by atoms with Gasteiger partial charge >= 0.3 is 0 Å². The first-order valence-corrected chi connectivity index (χ1v) is 8.57. The van der Waals surface area contributed by atoms with Gasteiger partial charge in [-0.2, -0.15) is 0 Å². The molecule has 0 aliphatic heterocycles. The smallest absolute Gasteiger partial charge is 0.216 e. The third-order valence-corrected chi connectivity index (χ3v) is 4.57. The molecule has 1 aliphatic rings. The normalized spacial score (nSPS) is 17.3. The molecule has 21 heavy (non-hydrogen) atoms. The molecule has 0 aromatic heterocycles. The molecule has 2 nitrogen and oxygen atoms in total. The molecule has 1 unspecified atom stereocenters. The Morgan fingerprint density at radius 2 is 2.19 bits per heavy atom. The maximum Gasteiger partial charge on any atom is 0.216 e. The van der Waals surface area contributed by atoms with Gasteiger partial charge in [0.05, 0.1) is 0 Å². The van der Waals surface area contributed by atoms with Gasteiger partial charge in [-0.1, -0.05) is 31.5 Å². The maximum absolute atomic E-state index is 10.9. The Kier molecular flexibility index (Phi) is 6.28. The minimum atomic E-state index is 0.0842. The van der Waals surface area contributed by atoms with Crippen molar-refractivity contribution in [2.75, 3.05) is 6.54 Å². The van der Waals surface area contributed by atoms with E-state index in [2.05, 4.69) is 30.4 Å². The van der Waals surface area contributed by atoms with E-state index in [9.17, 15) is 4.79 Å². The first-order valence-electron chi connectivity index (χ1n) is 8.57. The van der Waals surface area contributed by atoms with Crippen LogP contribution in [0.4, 0.5) is 0 Å². The SMILES string of the molecule is CCCCc1ccc2c(c1)C(CCCNC(C)=O)CCC2. The molecule has 2 heteroatoms. The van der Waals surface area contributed by atoms with Crippen LogP contribution in [0, 0.1) is 0 Å². The van der Waals surface area contributed by atoms with Gasteiger partial charge in [-0.3, -0.25) is 4.79 Å². The molecule has 1 aliphatic carbocycles. The number of unbranched alkanes of at least 4 members (excludes halogenated alkanes) is 1. The highest BCUT2D eigenvalue weighted by atomic mass is 16.1. The number of amides is 1. The summed E-state index contributed by atoms with van der Waals surface area (Å²) in [4.78, 5) is 10.9. The Balaban J connectivity index is 1.97. The molecule has 0 radical (unpaired) electrons. The van der Waals surface area contributed by atoms with Crippen LogP contribution in [0.3, 0.4) is 0 Å². The Morgan fingerprint density at radius 1 is 1.33 bits per heavy atom. The summed E-state index contributed by atoms with van der Waals surface area (Å²) in [7, 11) is 0. The number of fused-ring (bicyclic) bond motifs is 1. The molecule has 0 spiro atoms. The standard InChI is InChI=1S/C19H29NO/c1-3-4-7-16-11-12-18-9-5-8-17(19(18)14-16)10-6-13-20-15(2)21/h11-12,14,17H,3-10,13H2,1-2H3,(H,20,21). The fourth-order valence-corrected chi connectivity index (χ4v) is 3.40.